The lowest BCUT2D eigenvalue weighted by Gasteiger charge is -2.49. The summed E-state index contributed by atoms with van der Waals surface area (Å²) in [4.78, 5) is 4.86. The standard InChI is InChI=1S/C14H31N3O/c1-13(11-18-5)15-9-10-17(4)12-14(16(2)3)7-6-8-14/h13,15H,6-12H2,1-5H3. The molecule has 1 rings (SSSR count). The SMILES string of the molecule is COCC(C)NCCN(C)CC1(N(C)C)CCC1. The maximum Gasteiger partial charge on any atom is 0.0613 e. The van der Waals surface area contributed by atoms with E-state index in [1.165, 1.54) is 25.8 Å². The molecule has 4 nitrogen and oxygen atoms in total. The van der Waals surface area contributed by atoms with Gasteiger partial charge >= 0.3 is 0 Å². The normalized spacial score (nSPS) is 20.2. The van der Waals surface area contributed by atoms with Gasteiger partial charge in [-0.05, 0) is 47.3 Å². The Labute approximate surface area is 113 Å². The summed E-state index contributed by atoms with van der Waals surface area (Å²) in [6.45, 7) is 6.26. The number of nitrogens with zero attached hydrogens (tertiary/aromatic N) is 2. The highest BCUT2D eigenvalue weighted by Crippen LogP contribution is 2.36. The molecule has 0 aromatic rings. The van der Waals surface area contributed by atoms with Crippen LogP contribution in [-0.4, -0.2) is 75.9 Å². The third kappa shape index (κ3) is 4.50. The van der Waals surface area contributed by atoms with Crippen LogP contribution in [0.25, 0.3) is 0 Å². The van der Waals surface area contributed by atoms with E-state index in [1.54, 1.807) is 7.11 Å². The first-order valence-corrected chi connectivity index (χ1v) is 7.08. The van der Waals surface area contributed by atoms with Gasteiger partial charge in [-0.3, -0.25) is 0 Å². The van der Waals surface area contributed by atoms with Crippen LogP contribution in [0.2, 0.25) is 0 Å². The molecule has 0 aromatic carbocycles. The zero-order valence-electron chi connectivity index (χ0n) is 12.8. The summed E-state index contributed by atoms with van der Waals surface area (Å²) in [6.07, 6.45) is 4.07. The molecule has 108 valence electrons. The minimum Gasteiger partial charge on any atom is -0.383 e. The molecule has 1 aliphatic carbocycles. The predicted molar refractivity (Wildman–Crippen MR) is 77.1 cm³/mol. The molecule has 1 aliphatic rings. The Morgan fingerprint density at radius 1 is 1.28 bits per heavy atom. The van der Waals surface area contributed by atoms with Crippen LogP contribution in [0.5, 0.6) is 0 Å². The summed E-state index contributed by atoms with van der Waals surface area (Å²) in [6, 6.07) is 0.440. The Hall–Kier alpha value is -0.160. The fourth-order valence-corrected chi connectivity index (χ4v) is 2.72. The van der Waals surface area contributed by atoms with E-state index < -0.39 is 0 Å². The topological polar surface area (TPSA) is 27.7 Å². The molecule has 1 N–H and O–H groups in total. The second-order valence-corrected chi connectivity index (χ2v) is 6.02. The minimum absolute atomic E-state index is 0.437. The molecule has 0 heterocycles. The van der Waals surface area contributed by atoms with Gasteiger partial charge in [-0.15, -0.1) is 0 Å². The van der Waals surface area contributed by atoms with Crippen LogP contribution in [0, 0.1) is 0 Å². The largest absolute Gasteiger partial charge is 0.383 e. The molecular weight excluding hydrogens is 226 g/mol. The van der Waals surface area contributed by atoms with Crippen molar-refractivity contribution in [1.29, 1.82) is 0 Å². The second-order valence-electron chi connectivity index (χ2n) is 6.02. The molecule has 0 bridgehead atoms. The number of hydrogen-bond acceptors (Lipinski definition) is 4. The Morgan fingerprint density at radius 2 is 1.94 bits per heavy atom. The molecule has 1 saturated carbocycles. The summed E-state index contributed by atoms with van der Waals surface area (Å²) >= 11 is 0. The molecule has 0 radical (unpaired) electrons. The first-order chi connectivity index (χ1) is 8.50. The molecule has 1 fully saturated rings. The fraction of sp³-hybridized carbons (Fsp3) is 1.00. The van der Waals surface area contributed by atoms with Gasteiger partial charge in [-0.1, -0.05) is 0 Å². The van der Waals surface area contributed by atoms with E-state index >= 15 is 0 Å². The quantitative estimate of drug-likeness (QED) is 0.668. The molecule has 0 aliphatic heterocycles. The fourth-order valence-electron chi connectivity index (χ4n) is 2.72. The molecular formula is C14H31N3O. The van der Waals surface area contributed by atoms with Gasteiger partial charge < -0.3 is 19.9 Å². The zero-order chi connectivity index (χ0) is 13.6. The Kier molecular flexibility index (Phi) is 6.57. The van der Waals surface area contributed by atoms with E-state index in [4.69, 9.17) is 4.74 Å². The van der Waals surface area contributed by atoms with Gasteiger partial charge in [0.2, 0.25) is 0 Å². The van der Waals surface area contributed by atoms with Gasteiger partial charge in [0.25, 0.3) is 0 Å². The van der Waals surface area contributed by atoms with Crippen LogP contribution < -0.4 is 5.32 Å². The van der Waals surface area contributed by atoms with Crippen molar-refractivity contribution >= 4 is 0 Å². The second kappa shape index (κ2) is 7.43. The van der Waals surface area contributed by atoms with Crippen molar-refractivity contribution in [2.45, 2.75) is 37.8 Å². The monoisotopic (exact) mass is 257 g/mol. The number of nitrogens with one attached hydrogen (secondary N) is 1. The van der Waals surface area contributed by atoms with E-state index in [9.17, 15) is 0 Å². The minimum atomic E-state index is 0.437. The van der Waals surface area contributed by atoms with E-state index in [1.807, 2.05) is 0 Å². The molecule has 0 amide bonds. The van der Waals surface area contributed by atoms with E-state index in [0.29, 0.717) is 11.6 Å². The smallest absolute Gasteiger partial charge is 0.0613 e. The van der Waals surface area contributed by atoms with Crippen molar-refractivity contribution in [2.75, 3.05) is 54.5 Å². The third-order valence-corrected chi connectivity index (χ3v) is 4.20. The Balaban J connectivity index is 2.19. The van der Waals surface area contributed by atoms with E-state index in [2.05, 4.69) is 43.2 Å². The van der Waals surface area contributed by atoms with Crippen LogP contribution in [0.4, 0.5) is 0 Å². The van der Waals surface area contributed by atoms with Crippen molar-refractivity contribution in [3.05, 3.63) is 0 Å². The number of likely N-dealkylation sites (N-methyl/N-ethyl adjacent to an activating group) is 2. The summed E-state index contributed by atoms with van der Waals surface area (Å²) in [7, 11) is 8.41. The molecule has 1 atom stereocenters. The first-order valence-electron chi connectivity index (χ1n) is 7.08. The lowest BCUT2D eigenvalue weighted by atomic mass is 9.75. The molecule has 18 heavy (non-hydrogen) atoms. The van der Waals surface area contributed by atoms with Crippen molar-refractivity contribution in [3.63, 3.8) is 0 Å². The highest BCUT2D eigenvalue weighted by Gasteiger charge is 2.39. The molecule has 0 aromatic heterocycles. The highest BCUT2D eigenvalue weighted by molar-refractivity contribution is 4.97. The van der Waals surface area contributed by atoms with Gasteiger partial charge in [0.1, 0.15) is 0 Å². The summed E-state index contributed by atoms with van der Waals surface area (Å²) < 4.78 is 5.12. The average molecular weight is 257 g/mol. The molecule has 0 saturated heterocycles. The highest BCUT2D eigenvalue weighted by atomic mass is 16.5. The third-order valence-electron chi connectivity index (χ3n) is 4.20. The molecule has 4 heteroatoms. The summed E-state index contributed by atoms with van der Waals surface area (Å²) in [5.41, 5.74) is 0.437. The maximum atomic E-state index is 5.12. The molecule has 1 unspecified atom stereocenters. The Bertz CT molecular complexity index is 229. The zero-order valence-corrected chi connectivity index (χ0v) is 12.8. The van der Waals surface area contributed by atoms with Crippen LogP contribution in [0.3, 0.4) is 0 Å². The van der Waals surface area contributed by atoms with E-state index in [0.717, 1.165) is 19.7 Å². The van der Waals surface area contributed by atoms with Crippen LogP contribution >= 0.6 is 0 Å². The van der Waals surface area contributed by atoms with Crippen molar-refractivity contribution in [2.24, 2.45) is 0 Å². The molecule has 0 spiro atoms. The van der Waals surface area contributed by atoms with Crippen LogP contribution in [0.1, 0.15) is 26.2 Å². The summed E-state index contributed by atoms with van der Waals surface area (Å²) in [5.74, 6) is 0. The van der Waals surface area contributed by atoms with Gasteiger partial charge in [0.15, 0.2) is 0 Å². The number of rotatable bonds is 9. The van der Waals surface area contributed by atoms with Crippen LogP contribution in [0.15, 0.2) is 0 Å². The van der Waals surface area contributed by atoms with Gasteiger partial charge in [-0.25, -0.2) is 0 Å². The first kappa shape index (κ1) is 15.9. The van der Waals surface area contributed by atoms with Gasteiger partial charge in [0, 0.05) is 38.3 Å². The predicted octanol–water partition coefficient (Wildman–Crippen LogP) is 1.03. The van der Waals surface area contributed by atoms with Crippen LogP contribution in [-0.2, 0) is 4.74 Å². The van der Waals surface area contributed by atoms with E-state index in [-0.39, 0.29) is 0 Å². The number of ether oxygens (including phenoxy) is 1. The number of methoxy groups -OCH3 is 1. The average Bonchev–Trinajstić information content (AvgIpc) is 2.23. The Morgan fingerprint density at radius 3 is 2.39 bits per heavy atom. The van der Waals surface area contributed by atoms with Crippen molar-refractivity contribution in [3.8, 4) is 0 Å². The summed E-state index contributed by atoms with van der Waals surface area (Å²) in [5, 5.41) is 3.49. The van der Waals surface area contributed by atoms with Gasteiger partial charge in [-0.2, -0.15) is 0 Å². The lowest BCUT2D eigenvalue weighted by molar-refractivity contribution is 0.0279. The van der Waals surface area contributed by atoms with Gasteiger partial charge in [0.05, 0.1) is 6.61 Å². The number of hydrogen-bond donors (Lipinski definition) is 1. The lowest BCUT2D eigenvalue weighted by Crippen LogP contribution is -2.57. The maximum absolute atomic E-state index is 5.12. The van der Waals surface area contributed by atoms with Crippen molar-refractivity contribution in [1.82, 2.24) is 15.1 Å². The van der Waals surface area contributed by atoms with Crippen molar-refractivity contribution < 1.29 is 4.74 Å².